The summed E-state index contributed by atoms with van der Waals surface area (Å²) < 4.78 is 4.73. The Morgan fingerprint density at radius 2 is 1.00 bits per heavy atom. The summed E-state index contributed by atoms with van der Waals surface area (Å²) in [7, 11) is 0. The average molecular weight is 332 g/mol. The van der Waals surface area contributed by atoms with E-state index >= 15 is 0 Å². The molecule has 5 heterocycles. The van der Waals surface area contributed by atoms with Gasteiger partial charge in [0.1, 0.15) is 0 Å². The molecule has 2 aromatic carbocycles. The first-order valence-corrected chi connectivity index (χ1v) is 8.68. The molecule has 0 spiro atoms. The molecule has 4 heteroatoms. The van der Waals surface area contributed by atoms with Gasteiger partial charge in [-0.2, -0.15) is 0 Å². The van der Waals surface area contributed by atoms with Gasteiger partial charge in [-0.3, -0.25) is 9.97 Å². The van der Waals surface area contributed by atoms with Crippen molar-refractivity contribution in [3.8, 4) is 0 Å². The monoisotopic (exact) mass is 332 g/mol. The van der Waals surface area contributed by atoms with Crippen LogP contribution in [0.1, 0.15) is 0 Å². The van der Waals surface area contributed by atoms with E-state index in [1.807, 2.05) is 24.8 Å². The number of fused-ring (bicyclic) bond motifs is 8. The zero-order valence-corrected chi connectivity index (χ0v) is 13.7. The molecule has 5 aromatic heterocycles. The molecule has 26 heavy (non-hydrogen) atoms. The highest BCUT2D eigenvalue weighted by Gasteiger charge is 2.20. The van der Waals surface area contributed by atoms with E-state index in [1.165, 1.54) is 43.6 Å². The van der Waals surface area contributed by atoms with Gasteiger partial charge in [0.05, 0.1) is 45.5 Å². The van der Waals surface area contributed by atoms with Crippen LogP contribution < -0.4 is 0 Å². The Morgan fingerprint density at radius 3 is 1.50 bits per heavy atom. The average Bonchev–Trinajstić information content (AvgIpc) is 3.22. The van der Waals surface area contributed by atoms with Crippen molar-refractivity contribution >= 4 is 54.6 Å². The standard InChI is InChI=1S/C22H12N4/c1-3-15-13-7-9-23-11-19(13)26-18-6-2-4-16-14-8-10-24-12-20(14)25(22(16)18)17(5-1)21(15)26/h1-12H. The molecule has 0 radical (unpaired) electrons. The predicted octanol–water partition coefficient (Wildman–Crippen LogP) is 5.03. The molecule has 0 aliphatic heterocycles. The molecule has 0 bridgehead atoms. The van der Waals surface area contributed by atoms with Crippen LogP contribution in [0.2, 0.25) is 0 Å². The Kier molecular flexibility index (Phi) is 2.00. The van der Waals surface area contributed by atoms with E-state index in [0.717, 1.165) is 11.0 Å². The van der Waals surface area contributed by atoms with Gasteiger partial charge in [0, 0.05) is 33.9 Å². The Labute approximate surface area is 147 Å². The van der Waals surface area contributed by atoms with Crippen molar-refractivity contribution in [2.24, 2.45) is 0 Å². The van der Waals surface area contributed by atoms with Gasteiger partial charge in [-0.05, 0) is 24.3 Å². The molecule has 0 saturated carbocycles. The van der Waals surface area contributed by atoms with Gasteiger partial charge in [-0.15, -0.1) is 0 Å². The Balaban J connectivity index is 2.02. The third-order valence-corrected chi connectivity index (χ3v) is 5.62. The fraction of sp³-hybridized carbons (Fsp3) is 0. The van der Waals surface area contributed by atoms with Crippen molar-refractivity contribution in [2.45, 2.75) is 0 Å². The second-order valence-electron chi connectivity index (χ2n) is 6.80. The van der Waals surface area contributed by atoms with Gasteiger partial charge >= 0.3 is 0 Å². The summed E-state index contributed by atoms with van der Waals surface area (Å²) in [4.78, 5) is 8.79. The number of nitrogens with zero attached hydrogens (tertiary/aromatic N) is 4. The fourth-order valence-corrected chi connectivity index (χ4v) is 4.65. The Hall–Kier alpha value is -3.66. The third-order valence-electron chi connectivity index (χ3n) is 5.62. The summed E-state index contributed by atoms with van der Waals surface area (Å²) >= 11 is 0. The maximum absolute atomic E-state index is 4.40. The van der Waals surface area contributed by atoms with Gasteiger partial charge in [0.25, 0.3) is 0 Å². The number of pyridine rings is 2. The van der Waals surface area contributed by atoms with Crippen LogP contribution >= 0.6 is 0 Å². The van der Waals surface area contributed by atoms with Crippen LogP contribution in [0.4, 0.5) is 0 Å². The summed E-state index contributed by atoms with van der Waals surface area (Å²) in [6.07, 6.45) is 7.68. The summed E-state index contributed by atoms with van der Waals surface area (Å²) in [6.45, 7) is 0. The maximum Gasteiger partial charge on any atom is 0.0783 e. The van der Waals surface area contributed by atoms with E-state index in [0.29, 0.717) is 0 Å². The maximum atomic E-state index is 4.40. The van der Waals surface area contributed by atoms with Crippen LogP contribution in [0, 0.1) is 0 Å². The minimum atomic E-state index is 1.15. The summed E-state index contributed by atoms with van der Waals surface area (Å²) in [5.74, 6) is 0. The lowest BCUT2D eigenvalue weighted by Crippen LogP contribution is -1.96. The molecule has 0 amide bonds. The second kappa shape index (κ2) is 4.11. The van der Waals surface area contributed by atoms with Gasteiger partial charge in [-0.1, -0.05) is 24.3 Å². The topological polar surface area (TPSA) is 34.6 Å². The van der Waals surface area contributed by atoms with Crippen LogP contribution in [0.15, 0.2) is 73.3 Å². The van der Waals surface area contributed by atoms with E-state index in [9.17, 15) is 0 Å². The number of benzene rings is 2. The lowest BCUT2D eigenvalue weighted by atomic mass is 10.1. The normalized spacial score (nSPS) is 12.6. The molecule has 0 fully saturated rings. The lowest BCUT2D eigenvalue weighted by Gasteiger charge is -2.10. The second-order valence-corrected chi connectivity index (χ2v) is 6.80. The molecular formula is C22H12N4. The van der Waals surface area contributed by atoms with Gasteiger partial charge < -0.3 is 8.80 Å². The van der Waals surface area contributed by atoms with Crippen LogP contribution in [0.25, 0.3) is 54.6 Å². The minimum Gasteiger partial charge on any atom is -0.304 e. The molecule has 0 saturated heterocycles. The molecule has 0 N–H and O–H groups in total. The van der Waals surface area contributed by atoms with Crippen molar-refractivity contribution in [3.63, 3.8) is 0 Å². The predicted molar refractivity (Wildman–Crippen MR) is 105 cm³/mol. The molecule has 0 aliphatic carbocycles. The van der Waals surface area contributed by atoms with E-state index < -0.39 is 0 Å². The van der Waals surface area contributed by atoms with Gasteiger partial charge in [0.15, 0.2) is 0 Å². The zero-order chi connectivity index (χ0) is 16.8. The minimum absolute atomic E-state index is 1.15. The van der Waals surface area contributed by atoms with E-state index in [-0.39, 0.29) is 0 Å². The molecule has 0 unspecified atom stereocenters. The fourth-order valence-electron chi connectivity index (χ4n) is 4.65. The summed E-state index contributed by atoms with van der Waals surface area (Å²) in [5, 5.41) is 4.99. The van der Waals surface area contributed by atoms with Crippen LogP contribution in [0.3, 0.4) is 0 Å². The lowest BCUT2D eigenvalue weighted by molar-refractivity contribution is 1.23. The van der Waals surface area contributed by atoms with Crippen molar-refractivity contribution in [1.29, 1.82) is 0 Å². The van der Waals surface area contributed by atoms with Crippen molar-refractivity contribution in [2.75, 3.05) is 0 Å². The number of para-hydroxylation sites is 2. The highest BCUT2D eigenvalue weighted by Crippen LogP contribution is 2.39. The molecule has 7 aromatic rings. The quantitative estimate of drug-likeness (QED) is 0.365. The van der Waals surface area contributed by atoms with Crippen LogP contribution in [-0.4, -0.2) is 18.8 Å². The van der Waals surface area contributed by atoms with Crippen molar-refractivity contribution < 1.29 is 0 Å². The number of rotatable bonds is 0. The molecule has 7 rings (SSSR count). The largest absolute Gasteiger partial charge is 0.304 e. The van der Waals surface area contributed by atoms with E-state index in [4.69, 9.17) is 0 Å². The first kappa shape index (κ1) is 12.7. The van der Waals surface area contributed by atoms with Gasteiger partial charge in [-0.25, -0.2) is 0 Å². The van der Waals surface area contributed by atoms with Crippen molar-refractivity contribution in [1.82, 2.24) is 18.8 Å². The molecule has 0 aliphatic rings. The van der Waals surface area contributed by atoms with Crippen LogP contribution in [0.5, 0.6) is 0 Å². The number of hydrogen-bond donors (Lipinski definition) is 0. The molecular weight excluding hydrogens is 320 g/mol. The third kappa shape index (κ3) is 1.24. The van der Waals surface area contributed by atoms with Crippen molar-refractivity contribution in [3.05, 3.63) is 73.3 Å². The highest BCUT2D eigenvalue weighted by atomic mass is 15.0. The van der Waals surface area contributed by atoms with E-state index in [2.05, 4.69) is 67.3 Å². The van der Waals surface area contributed by atoms with Crippen LogP contribution in [-0.2, 0) is 0 Å². The number of aromatic nitrogens is 4. The molecule has 120 valence electrons. The van der Waals surface area contributed by atoms with Gasteiger partial charge in [0.2, 0.25) is 0 Å². The molecule has 0 atom stereocenters. The smallest absolute Gasteiger partial charge is 0.0783 e. The summed E-state index contributed by atoms with van der Waals surface area (Å²) in [6, 6.07) is 17.3. The highest BCUT2D eigenvalue weighted by molar-refractivity contribution is 6.21. The molecule has 4 nitrogen and oxygen atoms in total. The first-order valence-electron chi connectivity index (χ1n) is 8.68. The summed E-state index contributed by atoms with van der Waals surface area (Å²) in [5.41, 5.74) is 7.17. The Bertz CT molecular complexity index is 1510. The number of hydrogen-bond acceptors (Lipinski definition) is 2. The Morgan fingerprint density at radius 1 is 0.500 bits per heavy atom. The zero-order valence-electron chi connectivity index (χ0n) is 13.7. The first-order chi connectivity index (χ1) is 12.9. The van der Waals surface area contributed by atoms with E-state index in [1.54, 1.807) is 0 Å². The SMILES string of the molecule is c1cc2c3ccncc3n3c4cccc5c6ccncc6n(c(c1)c23)c54.